The first-order chi connectivity index (χ1) is 22.7. The second-order valence-corrected chi connectivity index (χ2v) is 13.7. The molecule has 46 heavy (non-hydrogen) atoms. The number of piperidine rings is 1. The number of aryl methyl sites for hydroxylation is 1. The van der Waals surface area contributed by atoms with Crippen LogP contribution in [0.4, 0.5) is 0 Å². The van der Waals surface area contributed by atoms with Crippen LogP contribution in [0.3, 0.4) is 0 Å². The molecule has 4 atom stereocenters. The predicted octanol–water partition coefficient (Wildman–Crippen LogP) is 8.57. The zero-order valence-corrected chi connectivity index (χ0v) is 27.6. The van der Waals surface area contributed by atoms with Gasteiger partial charge < -0.3 is 15.4 Å². The van der Waals surface area contributed by atoms with Gasteiger partial charge in [-0.05, 0) is 110 Å². The van der Waals surface area contributed by atoms with Gasteiger partial charge in [0.25, 0.3) is 0 Å². The Morgan fingerprint density at radius 2 is 1.63 bits per heavy atom. The highest BCUT2D eigenvalue weighted by Gasteiger charge is 2.41. The molecule has 1 heterocycles. The number of rotatable bonds is 14. The third-order valence-electron chi connectivity index (χ3n) is 11.1. The second-order valence-electron chi connectivity index (χ2n) is 13.7. The van der Waals surface area contributed by atoms with Crippen molar-refractivity contribution in [3.8, 4) is 5.75 Å². The van der Waals surface area contributed by atoms with E-state index in [-0.39, 0.29) is 11.3 Å². The number of benzene rings is 3. The van der Waals surface area contributed by atoms with Crippen LogP contribution in [0.1, 0.15) is 80.9 Å². The molecule has 6 rings (SSSR count). The summed E-state index contributed by atoms with van der Waals surface area (Å²) < 4.78 is 5.26. The number of carbonyl (C=O) groups excluding carboxylic acids is 1. The van der Waals surface area contributed by atoms with Gasteiger partial charge in [-0.25, -0.2) is 0 Å². The number of hydrogen-bond donors (Lipinski definition) is 2. The fraction of sp³-hybridized carbons (Fsp3) is 0.452. The number of carbonyl (C=O) groups is 1. The normalized spacial score (nSPS) is 22.3. The van der Waals surface area contributed by atoms with Gasteiger partial charge >= 0.3 is 0 Å². The lowest BCUT2D eigenvalue weighted by molar-refractivity contribution is -0.121. The Balaban J connectivity index is 1.12. The largest absolute Gasteiger partial charge is 0.497 e. The average Bonchev–Trinajstić information content (AvgIpc) is 3.12. The van der Waals surface area contributed by atoms with E-state index in [0.717, 1.165) is 61.3 Å². The number of fused-ring (bicyclic) bond motifs is 3. The fourth-order valence-electron chi connectivity index (χ4n) is 8.72. The molecule has 0 saturated carbocycles. The van der Waals surface area contributed by atoms with Crippen molar-refractivity contribution in [2.24, 2.45) is 17.8 Å². The maximum absolute atomic E-state index is 12.8. The van der Waals surface area contributed by atoms with Crippen molar-refractivity contribution in [3.05, 3.63) is 125 Å². The summed E-state index contributed by atoms with van der Waals surface area (Å²) in [5.41, 5.74) is 5.48. The molecule has 4 heteroatoms. The summed E-state index contributed by atoms with van der Waals surface area (Å²) in [5, 5.41) is 7.09. The van der Waals surface area contributed by atoms with Gasteiger partial charge in [0, 0.05) is 24.4 Å². The average molecular weight is 617 g/mol. The number of methoxy groups -OCH3 is 1. The molecule has 3 aromatic rings. The van der Waals surface area contributed by atoms with Crippen LogP contribution in [0, 0.1) is 17.8 Å². The molecule has 2 N–H and O–H groups in total. The van der Waals surface area contributed by atoms with Crippen LogP contribution < -0.4 is 15.4 Å². The molecule has 1 saturated heterocycles. The molecular weight excluding hydrogens is 564 g/mol. The van der Waals surface area contributed by atoms with Crippen LogP contribution in [-0.4, -0.2) is 32.1 Å². The van der Waals surface area contributed by atoms with Crippen molar-refractivity contribution in [1.29, 1.82) is 0 Å². The van der Waals surface area contributed by atoms with Gasteiger partial charge in [-0.1, -0.05) is 104 Å². The van der Waals surface area contributed by atoms with Gasteiger partial charge in [0.1, 0.15) is 5.75 Å². The van der Waals surface area contributed by atoms with Crippen molar-refractivity contribution >= 4 is 5.91 Å². The highest BCUT2D eigenvalue weighted by Crippen LogP contribution is 2.47. The van der Waals surface area contributed by atoms with Gasteiger partial charge in [0.15, 0.2) is 0 Å². The number of nitrogens with one attached hydrogen (secondary N) is 2. The van der Waals surface area contributed by atoms with E-state index >= 15 is 0 Å². The van der Waals surface area contributed by atoms with E-state index < -0.39 is 0 Å². The van der Waals surface area contributed by atoms with E-state index in [4.69, 9.17) is 4.74 Å². The van der Waals surface area contributed by atoms with Crippen LogP contribution in [0.15, 0.2) is 109 Å². The summed E-state index contributed by atoms with van der Waals surface area (Å²) in [7, 11) is 1.67. The fourth-order valence-corrected chi connectivity index (χ4v) is 8.72. The van der Waals surface area contributed by atoms with E-state index in [0.29, 0.717) is 19.0 Å². The summed E-state index contributed by atoms with van der Waals surface area (Å²) in [5.74, 6) is 3.18. The van der Waals surface area contributed by atoms with Gasteiger partial charge in [-0.2, -0.15) is 0 Å². The number of ether oxygens (including phenoxy) is 1. The molecule has 1 fully saturated rings. The zero-order valence-electron chi connectivity index (χ0n) is 27.6. The third kappa shape index (κ3) is 7.66. The predicted molar refractivity (Wildman–Crippen MR) is 189 cm³/mol. The van der Waals surface area contributed by atoms with E-state index in [1.165, 1.54) is 49.7 Å². The van der Waals surface area contributed by atoms with Crippen LogP contribution in [-0.2, 0) is 16.6 Å². The monoisotopic (exact) mass is 616 g/mol. The maximum Gasteiger partial charge on any atom is 0.220 e. The van der Waals surface area contributed by atoms with Crippen molar-refractivity contribution in [3.63, 3.8) is 0 Å². The number of amides is 1. The number of hydrogen-bond acceptors (Lipinski definition) is 3. The second kappa shape index (κ2) is 15.8. The first kappa shape index (κ1) is 32.3. The SMILES string of the molecule is COc1ccc(CCC(=O)NCCCC(CCCC2CCN[C@@H]3C=CC4=CCCCC4[C@H]23)(c2ccccc2)c2ccccc2)cc1. The molecule has 1 aliphatic heterocycles. The van der Waals surface area contributed by atoms with Crippen molar-refractivity contribution in [2.45, 2.75) is 82.1 Å². The Morgan fingerprint density at radius 3 is 2.35 bits per heavy atom. The van der Waals surface area contributed by atoms with E-state index in [1.54, 1.807) is 12.7 Å². The molecule has 0 spiro atoms. The van der Waals surface area contributed by atoms with E-state index in [2.05, 4.69) is 89.5 Å². The molecular formula is C42H52N2O2. The summed E-state index contributed by atoms with van der Waals surface area (Å²) in [6.07, 6.45) is 19.4. The molecule has 2 aliphatic carbocycles. The first-order valence-electron chi connectivity index (χ1n) is 17.8. The lowest BCUT2D eigenvalue weighted by Gasteiger charge is -2.46. The van der Waals surface area contributed by atoms with Gasteiger partial charge in [-0.15, -0.1) is 0 Å². The molecule has 1 amide bonds. The number of allylic oxidation sites excluding steroid dienone is 3. The Labute approximate surface area is 276 Å². The Hall–Kier alpha value is -3.63. The lowest BCUT2D eigenvalue weighted by Crippen LogP contribution is -2.50. The molecule has 2 unspecified atom stereocenters. The van der Waals surface area contributed by atoms with Crippen molar-refractivity contribution < 1.29 is 9.53 Å². The third-order valence-corrected chi connectivity index (χ3v) is 11.1. The van der Waals surface area contributed by atoms with Crippen LogP contribution in [0.25, 0.3) is 0 Å². The Kier molecular flexibility index (Phi) is 11.1. The molecule has 3 aliphatic rings. The quantitative estimate of drug-likeness (QED) is 0.178. The molecule has 3 aromatic carbocycles. The Bertz CT molecular complexity index is 1410. The lowest BCUT2D eigenvalue weighted by atomic mass is 9.62. The first-order valence-corrected chi connectivity index (χ1v) is 17.8. The summed E-state index contributed by atoms with van der Waals surface area (Å²) in [6, 6.07) is 30.9. The molecule has 0 aromatic heterocycles. The minimum Gasteiger partial charge on any atom is -0.497 e. The summed E-state index contributed by atoms with van der Waals surface area (Å²) in [6.45, 7) is 1.83. The summed E-state index contributed by atoms with van der Waals surface area (Å²) >= 11 is 0. The molecule has 4 nitrogen and oxygen atoms in total. The van der Waals surface area contributed by atoms with Crippen LogP contribution in [0.5, 0.6) is 5.75 Å². The zero-order chi connectivity index (χ0) is 31.6. The summed E-state index contributed by atoms with van der Waals surface area (Å²) in [4.78, 5) is 12.8. The Morgan fingerprint density at radius 1 is 0.913 bits per heavy atom. The topological polar surface area (TPSA) is 50.4 Å². The van der Waals surface area contributed by atoms with Gasteiger partial charge in [0.2, 0.25) is 5.91 Å². The minimum atomic E-state index is -0.0783. The van der Waals surface area contributed by atoms with Crippen LogP contribution in [0.2, 0.25) is 0 Å². The van der Waals surface area contributed by atoms with Gasteiger partial charge in [-0.3, -0.25) is 4.79 Å². The van der Waals surface area contributed by atoms with E-state index in [9.17, 15) is 4.79 Å². The van der Waals surface area contributed by atoms with Crippen LogP contribution >= 0.6 is 0 Å². The highest BCUT2D eigenvalue weighted by atomic mass is 16.5. The molecule has 0 radical (unpaired) electrons. The molecule has 0 bridgehead atoms. The molecule has 242 valence electrons. The van der Waals surface area contributed by atoms with Gasteiger partial charge in [0.05, 0.1) is 7.11 Å². The van der Waals surface area contributed by atoms with Crippen molar-refractivity contribution in [2.75, 3.05) is 20.2 Å². The maximum atomic E-state index is 12.8. The standard InChI is InChI=1S/C42H52N2O2/c1-46-37-23-19-32(20-24-37)21-26-40(45)44-30-11-29-42(35-14-4-2-5-15-35,36-16-6-3-7-17-36)28-10-13-34-27-31-43-39-25-22-33-12-8-9-18-38(33)41(34)39/h2-7,12,14-17,19-20,22-25,34,38-39,41,43H,8-11,13,18,21,26-31H2,1H3,(H,44,45)/t34?,38?,39-,41+/m1/s1. The smallest absolute Gasteiger partial charge is 0.220 e. The van der Waals surface area contributed by atoms with E-state index in [1.807, 2.05) is 24.3 Å². The highest BCUT2D eigenvalue weighted by molar-refractivity contribution is 5.76. The van der Waals surface area contributed by atoms with Crippen molar-refractivity contribution in [1.82, 2.24) is 10.6 Å². The minimum absolute atomic E-state index is 0.0783.